The zero-order chi connectivity index (χ0) is 18.8. The summed E-state index contributed by atoms with van der Waals surface area (Å²) in [5.74, 6) is -3.34. The lowest BCUT2D eigenvalue weighted by Crippen LogP contribution is -2.14. The molecule has 1 amide bonds. The third kappa shape index (κ3) is 3.31. The van der Waals surface area contributed by atoms with Crippen LogP contribution in [0.3, 0.4) is 0 Å². The van der Waals surface area contributed by atoms with Gasteiger partial charge in [0.05, 0.1) is 22.5 Å². The Morgan fingerprint density at radius 1 is 1.08 bits per heavy atom. The number of carbonyl (C=O) groups is 2. The van der Waals surface area contributed by atoms with Crippen molar-refractivity contribution in [1.29, 1.82) is 0 Å². The number of thiazole rings is 1. The first kappa shape index (κ1) is 17.7. The molecule has 0 saturated carbocycles. The van der Waals surface area contributed by atoms with Crippen molar-refractivity contribution in [1.82, 2.24) is 4.98 Å². The van der Waals surface area contributed by atoms with Gasteiger partial charge in [0.1, 0.15) is 21.5 Å². The number of rotatable bonds is 4. The van der Waals surface area contributed by atoms with E-state index in [0.717, 1.165) is 23.5 Å². The highest BCUT2D eigenvalue weighted by atomic mass is 32.1. The predicted molar refractivity (Wildman–Crippen MR) is 93.6 cm³/mol. The van der Waals surface area contributed by atoms with Crippen molar-refractivity contribution in [3.63, 3.8) is 0 Å². The Morgan fingerprint density at radius 2 is 1.73 bits per heavy atom. The summed E-state index contributed by atoms with van der Waals surface area (Å²) in [6.45, 7) is 1.54. The maximum Gasteiger partial charge on any atom is 0.337 e. The van der Waals surface area contributed by atoms with Gasteiger partial charge in [-0.15, -0.1) is 11.3 Å². The number of benzene rings is 2. The van der Waals surface area contributed by atoms with Crippen molar-refractivity contribution in [3.05, 3.63) is 70.2 Å². The van der Waals surface area contributed by atoms with Gasteiger partial charge >= 0.3 is 5.97 Å². The number of aromatic carboxylic acids is 1. The minimum absolute atomic E-state index is 0.0368. The molecule has 26 heavy (non-hydrogen) atoms. The molecule has 3 rings (SSSR count). The topological polar surface area (TPSA) is 79.3 Å². The second-order valence-corrected chi connectivity index (χ2v) is 6.33. The smallest absolute Gasteiger partial charge is 0.337 e. The Bertz CT molecular complexity index is 997. The van der Waals surface area contributed by atoms with E-state index in [9.17, 15) is 23.5 Å². The zero-order valence-corrected chi connectivity index (χ0v) is 14.2. The van der Waals surface area contributed by atoms with Crippen LogP contribution < -0.4 is 5.32 Å². The predicted octanol–water partition coefficient (Wildman–Crippen LogP) is 4.35. The molecule has 0 unspecified atom stereocenters. The van der Waals surface area contributed by atoms with Gasteiger partial charge < -0.3 is 10.4 Å². The second kappa shape index (κ2) is 7.01. The summed E-state index contributed by atoms with van der Waals surface area (Å²) in [6, 6.07) is 9.39. The van der Waals surface area contributed by atoms with E-state index in [4.69, 9.17) is 0 Å². The van der Waals surface area contributed by atoms with Crippen molar-refractivity contribution in [2.45, 2.75) is 6.92 Å². The minimum Gasteiger partial charge on any atom is -0.478 e. The Balaban J connectivity index is 1.95. The molecule has 0 saturated heterocycles. The van der Waals surface area contributed by atoms with Crippen LogP contribution in [0.15, 0.2) is 42.5 Å². The van der Waals surface area contributed by atoms with Gasteiger partial charge in [0, 0.05) is 0 Å². The van der Waals surface area contributed by atoms with Crippen molar-refractivity contribution in [3.8, 4) is 10.6 Å². The molecule has 132 valence electrons. The number of carboxylic acids is 1. The Hall–Kier alpha value is -3.13. The number of carbonyl (C=O) groups excluding carboxylic acids is 1. The largest absolute Gasteiger partial charge is 0.478 e. The third-order valence-electron chi connectivity index (χ3n) is 3.59. The molecule has 1 aromatic heterocycles. The molecule has 0 bridgehead atoms. The SMILES string of the molecule is Cc1nc(-c2c(F)cccc2F)sc1C(=O)Nc1ccccc1C(=O)O. The first-order chi connectivity index (χ1) is 12.4. The lowest BCUT2D eigenvalue weighted by molar-refractivity contribution is 0.0698. The van der Waals surface area contributed by atoms with Crippen molar-refractivity contribution in [2.75, 3.05) is 5.32 Å². The normalized spacial score (nSPS) is 10.6. The van der Waals surface area contributed by atoms with E-state index in [1.54, 1.807) is 6.07 Å². The highest BCUT2D eigenvalue weighted by Crippen LogP contribution is 2.32. The van der Waals surface area contributed by atoms with Gasteiger partial charge in [-0.2, -0.15) is 0 Å². The van der Waals surface area contributed by atoms with Gasteiger partial charge in [-0.05, 0) is 31.2 Å². The maximum absolute atomic E-state index is 13.9. The average Bonchev–Trinajstić information content (AvgIpc) is 2.96. The Labute approximate surface area is 150 Å². The number of carboxylic acid groups (broad SMARTS) is 1. The first-order valence-electron chi connectivity index (χ1n) is 7.44. The van der Waals surface area contributed by atoms with Gasteiger partial charge in [-0.25, -0.2) is 18.6 Å². The van der Waals surface area contributed by atoms with Gasteiger partial charge in [0.25, 0.3) is 5.91 Å². The number of aryl methyl sites for hydroxylation is 1. The highest BCUT2D eigenvalue weighted by molar-refractivity contribution is 7.17. The highest BCUT2D eigenvalue weighted by Gasteiger charge is 2.21. The average molecular weight is 374 g/mol. The Morgan fingerprint density at radius 3 is 2.38 bits per heavy atom. The molecule has 0 fully saturated rings. The number of hydrogen-bond donors (Lipinski definition) is 2. The van der Waals surface area contributed by atoms with Crippen LogP contribution in [0.1, 0.15) is 25.7 Å². The lowest BCUT2D eigenvalue weighted by Gasteiger charge is -2.07. The molecule has 8 heteroatoms. The van der Waals surface area contributed by atoms with Crippen molar-refractivity contribution in [2.24, 2.45) is 0 Å². The van der Waals surface area contributed by atoms with E-state index in [-0.39, 0.29) is 32.4 Å². The fourth-order valence-electron chi connectivity index (χ4n) is 2.37. The van der Waals surface area contributed by atoms with E-state index < -0.39 is 23.5 Å². The number of anilines is 1. The van der Waals surface area contributed by atoms with Gasteiger partial charge in [0.15, 0.2) is 0 Å². The van der Waals surface area contributed by atoms with Crippen LogP contribution in [0, 0.1) is 18.6 Å². The molecule has 5 nitrogen and oxygen atoms in total. The first-order valence-corrected chi connectivity index (χ1v) is 8.25. The molecule has 0 aliphatic rings. The van der Waals surface area contributed by atoms with E-state index in [2.05, 4.69) is 10.3 Å². The lowest BCUT2D eigenvalue weighted by atomic mass is 10.2. The van der Waals surface area contributed by atoms with E-state index >= 15 is 0 Å². The van der Waals surface area contributed by atoms with Crippen LogP contribution in [0.25, 0.3) is 10.6 Å². The summed E-state index contributed by atoms with van der Waals surface area (Å²) in [6.07, 6.45) is 0. The van der Waals surface area contributed by atoms with Crippen LogP contribution in [-0.2, 0) is 0 Å². The number of nitrogens with zero attached hydrogens (tertiary/aromatic N) is 1. The van der Waals surface area contributed by atoms with Crippen LogP contribution >= 0.6 is 11.3 Å². The van der Waals surface area contributed by atoms with Crippen molar-refractivity contribution >= 4 is 28.9 Å². The number of para-hydroxylation sites is 1. The molecule has 0 aliphatic carbocycles. The van der Waals surface area contributed by atoms with E-state index in [0.29, 0.717) is 0 Å². The molecular formula is C18H12F2N2O3S. The number of aromatic nitrogens is 1. The van der Waals surface area contributed by atoms with Crippen LogP contribution in [0.2, 0.25) is 0 Å². The fraction of sp³-hybridized carbons (Fsp3) is 0.0556. The molecule has 2 N–H and O–H groups in total. The minimum atomic E-state index is -1.18. The molecule has 0 atom stereocenters. The van der Waals surface area contributed by atoms with Crippen LogP contribution in [0.4, 0.5) is 14.5 Å². The standard InChI is InChI=1S/C18H12F2N2O3S/c1-9-15(16(23)22-13-8-3-2-5-10(13)18(24)25)26-17(21-9)14-11(19)6-4-7-12(14)20/h2-8H,1H3,(H,22,23)(H,24,25). The summed E-state index contributed by atoms with van der Waals surface area (Å²) in [5.41, 5.74) is 0.0448. The number of nitrogens with one attached hydrogen (secondary N) is 1. The van der Waals surface area contributed by atoms with Gasteiger partial charge in [0.2, 0.25) is 0 Å². The summed E-state index contributed by atoms with van der Waals surface area (Å²) in [7, 11) is 0. The van der Waals surface area contributed by atoms with Crippen LogP contribution in [0.5, 0.6) is 0 Å². The van der Waals surface area contributed by atoms with Gasteiger partial charge in [-0.3, -0.25) is 4.79 Å². The molecule has 0 aliphatic heterocycles. The summed E-state index contributed by atoms with van der Waals surface area (Å²) in [4.78, 5) is 28.0. The number of halogens is 2. The molecule has 1 heterocycles. The zero-order valence-electron chi connectivity index (χ0n) is 13.4. The molecular weight excluding hydrogens is 362 g/mol. The second-order valence-electron chi connectivity index (χ2n) is 5.34. The summed E-state index contributed by atoms with van der Waals surface area (Å²) >= 11 is 0.832. The third-order valence-corrected chi connectivity index (χ3v) is 4.76. The van der Waals surface area contributed by atoms with Crippen molar-refractivity contribution < 1.29 is 23.5 Å². The number of amides is 1. The van der Waals surface area contributed by atoms with E-state index in [1.807, 2.05) is 0 Å². The molecule has 0 radical (unpaired) electrons. The van der Waals surface area contributed by atoms with Gasteiger partial charge in [-0.1, -0.05) is 18.2 Å². The quantitative estimate of drug-likeness (QED) is 0.712. The fourth-order valence-corrected chi connectivity index (χ4v) is 3.38. The van der Waals surface area contributed by atoms with Crippen LogP contribution in [-0.4, -0.2) is 22.0 Å². The Kier molecular flexibility index (Phi) is 4.77. The van der Waals surface area contributed by atoms with E-state index in [1.165, 1.54) is 31.2 Å². The summed E-state index contributed by atoms with van der Waals surface area (Å²) in [5, 5.41) is 11.7. The molecule has 0 spiro atoms. The number of hydrogen-bond acceptors (Lipinski definition) is 4. The maximum atomic E-state index is 13.9. The monoisotopic (exact) mass is 374 g/mol. The molecule has 2 aromatic carbocycles. The summed E-state index contributed by atoms with van der Waals surface area (Å²) < 4.78 is 27.9. The molecule has 3 aromatic rings.